The molecule has 1 aliphatic rings. The SMILES string of the molecule is O=C(NC1CC1)c1cc(Nc2cccc(Br)c2)ccn1. The van der Waals surface area contributed by atoms with Crippen molar-refractivity contribution in [1.82, 2.24) is 10.3 Å². The number of pyridine rings is 1. The van der Waals surface area contributed by atoms with Gasteiger partial charge in [0.15, 0.2) is 0 Å². The highest BCUT2D eigenvalue weighted by Crippen LogP contribution is 2.22. The van der Waals surface area contributed by atoms with E-state index in [9.17, 15) is 4.79 Å². The van der Waals surface area contributed by atoms with E-state index in [4.69, 9.17) is 0 Å². The third-order valence-corrected chi connectivity index (χ3v) is 3.51. The molecule has 2 N–H and O–H groups in total. The van der Waals surface area contributed by atoms with Gasteiger partial charge >= 0.3 is 0 Å². The first-order valence-electron chi connectivity index (χ1n) is 6.50. The lowest BCUT2D eigenvalue weighted by molar-refractivity contribution is 0.0946. The predicted octanol–water partition coefficient (Wildman–Crippen LogP) is 3.48. The fraction of sp³-hybridized carbons (Fsp3) is 0.200. The number of halogens is 1. The molecule has 1 aliphatic carbocycles. The number of hydrogen-bond donors (Lipinski definition) is 2. The minimum atomic E-state index is -0.106. The van der Waals surface area contributed by atoms with E-state index in [0.717, 1.165) is 28.7 Å². The Hall–Kier alpha value is -1.88. The zero-order valence-corrected chi connectivity index (χ0v) is 12.4. The molecule has 0 radical (unpaired) electrons. The molecule has 0 bridgehead atoms. The van der Waals surface area contributed by atoms with Crippen LogP contribution in [-0.2, 0) is 0 Å². The number of nitrogens with zero attached hydrogens (tertiary/aromatic N) is 1. The highest BCUT2D eigenvalue weighted by Gasteiger charge is 2.24. The Bertz CT molecular complexity index is 641. The van der Waals surface area contributed by atoms with Gasteiger partial charge in [-0.25, -0.2) is 0 Å². The second-order valence-electron chi connectivity index (χ2n) is 4.81. The lowest BCUT2D eigenvalue weighted by Gasteiger charge is -2.08. The minimum absolute atomic E-state index is 0.106. The first-order valence-corrected chi connectivity index (χ1v) is 7.29. The number of benzene rings is 1. The highest BCUT2D eigenvalue weighted by molar-refractivity contribution is 9.10. The maximum Gasteiger partial charge on any atom is 0.270 e. The van der Waals surface area contributed by atoms with Gasteiger partial charge in [-0.2, -0.15) is 0 Å². The maximum absolute atomic E-state index is 11.9. The van der Waals surface area contributed by atoms with E-state index in [-0.39, 0.29) is 5.91 Å². The van der Waals surface area contributed by atoms with Crippen molar-refractivity contribution in [2.75, 3.05) is 5.32 Å². The predicted molar refractivity (Wildman–Crippen MR) is 82.1 cm³/mol. The normalized spacial score (nSPS) is 13.8. The Kier molecular flexibility index (Phi) is 3.69. The van der Waals surface area contributed by atoms with Crippen molar-refractivity contribution in [3.63, 3.8) is 0 Å². The topological polar surface area (TPSA) is 54.0 Å². The van der Waals surface area contributed by atoms with E-state index < -0.39 is 0 Å². The van der Waals surface area contributed by atoms with Gasteiger partial charge in [-0.1, -0.05) is 22.0 Å². The summed E-state index contributed by atoms with van der Waals surface area (Å²) in [5, 5.41) is 6.19. The first kappa shape index (κ1) is 13.1. The minimum Gasteiger partial charge on any atom is -0.355 e. The molecule has 20 heavy (non-hydrogen) atoms. The Balaban J connectivity index is 1.75. The van der Waals surface area contributed by atoms with E-state index in [1.807, 2.05) is 30.3 Å². The van der Waals surface area contributed by atoms with Crippen molar-refractivity contribution in [3.05, 3.63) is 52.8 Å². The molecule has 1 aromatic heterocycles. The second-order valence-corrected chi connectivity index (χ2v) is 5.73. The molecule has 1 amide bonds. The summed E-state index contributed by atoms with van der Waals surface area (Å²) in [5.41, 5.74) is 2.25. The lowest BCUT2D eigenvalue weighted by atomic mass is 10.2. The average Bonchev–Trinajstić information content (AvgIpc) is 3.23. The van der Waals surface area contributed by atoms with Gasteiger partial charge < -0.3 is 10.6 Å². The van der Waals surface area contributed by atoms with Crippen LogP contribution in [-0.4, -0.2) is 16.9 Å². The van der Waals surface area contributed by atoms with Gasteiger partial charge in [0.1, 0.15) is 5.69 Å². The van der Waals surface area contributed by atoms with Crippen LogP contribution in [0.4, 0.5) is 11.4 Å². The van der Waals surface area contributed by atoms with Gasteiger partial charge in [0, 0.05) is 28.1 Å². The summed E-state index contributed by atoms with van der Waals surface area (Å²) >= 11 is 3.43. The molecule has 5 heteroatoms. The number of carbonyl (C=O) groups excluding carboxylic acids is 1. The summed E-state index contributed by atoms with van der Waals surface area (Å²) in [6.07, 6.45) is 3.78. The van der Waals surface area contributed by atoms with E-state index >= 15 is 0 Å². The van der Waals surface area contributed by atoms with Crippen LogP contribution in [0.3, 0.4) is 0 Å². The largest absolute Gasteiger partial charge is 0.355 e. The molecular formula is C15H14BrN3O. The second kappa shape index (κ2) is 5.63. The monoisotopic (exact) mass is 331 g/mol. The summed E-state index contributed by atoms with van der Waals surface area (Å²) in [4.78, 5) is 16.1. The third-order valence-electron chi connectivity index (χ3n) is 3.02. The van der Waals surface area contributed by atoms with Crippen LogP contribution in [0.25, 0.3) is 0 Å². The van der Waals surface area contributed by atoms with Gasteiger partial charge in [0.2, 0.25) is 0 Å². The molecule has 0 unspecified atom stereocenters. The number of rotatable bonds is 4. The average molecular weight is 332 g/mol. The molecule has 2 aromatic rings. The number of amides is 1. The van der Waals surface area contributed by atoms with Crippen LogP contribution in [0.2, 0.25) is 0 Å². The van der Waals surface area contributed by atoms with E-state index in [1.165, 1.54) is 0 Å². The zero-order chi connectivity index (χ0) is 13.9. The molecule has 1 fully saturated rings. The highest BCUT2D eigenvalue weighted by atomic mass is 79.9. The summed E-state index contributed by atoms with van der Waals surface area (Å²) in [5.74, 6) is -0.106. The summed E-state index contributed by atoms with van der Waals surface area (Å²) < 4.78 is 1.00. The molecular weight excluding hydrogens is 318 g/mol. The maximum atomic E-state index is 11.9. The Morgan fingerprint density at radius 1 is 1.20 bits per heavy atom. The van der Waals surface area contributed by atoms with Crippen LogP contribution in [0.5, 0.6) is 0 Å². The number of anilines is 2. The van der Waals surface area contributed by atoms with Crippen LogP contribution in [0.15, 0.2) is 47.1 Å². The molecule has 102 valence electrons. The Morgan fingerprint density at radius 3 is 2.75 bits per heavy atom. The molecule has 1 saturated carbocycles. The number of aromatic nitrogens is 1. The zero-order valence-electron chi connectivity index (χ0n) is 10.8. The van der Waals surface area contributed by atoms with Crippen molar-refractivity contribution in [1.29, 1.82) is 0 Å². The van der Waals surface area contributed by atoms with Gasteiger partial charge in [-0.05, 0) is 43.2 Å². The van der Waals surface area contributed by atoms with E-state index in [0.29, 0.717) is 11.7 Å². The fourth-order valence-electron chi connectivity index (χ4n) is 1.85. The molecule has 3 rings (SSSR count). The number of hydrogen-bond acceptors (Lipinski definition) is 3. The number of nitrogens with one attached hydrogen (secondary N) is 2. The summed E-state index contributed by atoms with van der Waals surface area (Å²) in [6, 6.07) is 11.8. The molecule has 0 saturated heterocycles. The van der Waals surface area contributed by atoms with Crippen LogP contribution in [0.1, 0.15) is 23.3 Å². The smallest absolute Gasteiger partial charge is 0.270 e. The van der Waals surface area contributed by atoms with Crippen molar-refractivity contribution < 1.29 is 4.79 Å². The summed E-state index contributed by atoms with van der Waals surface area (Å²) in [7, 11) is 0. The van der Waals surface area contributed by atoms with E-state index in [1.54, 1.807) is 12.3 Å². The molecule has 1 heterocycles. The molecule has 0 aliphatic heterocycles. The Labute approximate surface area is 125 Å². The van der Waals surface area contributed by atoms with Crippen molar-refractivity contribution in [3.8, 4) is 0 Å². The molecule has 4 nitrogen and oxygen atoms in total. The van der Waals surface area contributed by atoms with Gasteiger partial charge in [-0.3, -0.25) is 9.78 Å². The van der Waals surface area contributed by atoms with Gasteiger partial charge in [0.25, 0.3) is 5.91 Å². The van der Waals surface area contributed by atoms with Gasteiger partial charge in [-0.15, -0.1) is 0 Å². The van der Waals surface area contributed by atoms with Crippen molar-refractivity contribution in [2.24, 2.45) is 0 Å². The molecule has 1 aromatic carbocycles. The van der Waals surface area contributed by atoms with E-state index in [2.05, 4.69) is 31.5 Å². The first-order chi connectivity index (χ1) is 9.70. The standard InChI is InChI=1S/C15H14BrN3O/c16-10-2-1-3-12(8-10)18-13-6-7-17-14(9-13)15(20)19-11-4-5-11/h1-3,6-9,11H,4-5H2,(H,17,18)(H,19,20). The quantitative estimate of drug-likeness (QED) is 0.901. The lowest BCUT2D eigenvalue weighted by Crippen LogP contribution is -2.26. The van der Waals surface area contributed by atoms with Crippen molar-refractivity contribution in [2.45, 2.75) is 18.9 Å². The molecule has 0 atom stereocenters. The fourth-order valence-corrected chi connectivity index (χ4v) is 2.25. The third kappa shape index (κ3) is 3.36. The van der Waals surface area contributed by atoms with Crippen LogP contribution in [0, 0.1) is 0 Å². The van der Waals surface area contributed by atoms with Crippen LogP contribution < -0.4 is 10.6 Å². The Morgan fingerprint density at radius 2 is 2.00 bits per heavy atom. The number of carbonyl (C=O) groups is 1. The summed E-state index contributed by atoms with van der Waals surface area (Å²) in [6.45, 7) is 0. The van der Waals surface area contributed by atoms with Crippen molar-refractivity contribution >= 4 is 33.2 Å². The molecule has 0 spiro atoms. The van der Waals surface area contributed by atoms with Gasteiger partial charge in [0.05, 0.1) is 0 Å². The van der Waals surface area contributed by atoms with Crippen LogP contribution >= 0.6 is 15.9 Å².